The van der Waals surface area contributed by atoms with Gasteiger partial charge in [0.2, 0.25) is 17.7 Å². The Labute approximate surface area is 125 Å². The van der Waals surface area contributed by atoms with Crippen LogP contribution in [0, 0.1) is 6.92 Å². The molecule has 0 spiro atoms. The van der Waals surface area contributed by atoms with Crippen LogP contribution in [0.2, 0.25) is 0 Å². The molecule has 7 nitrogen and oxygen atoms in total. The summed E-state index contributed by atoms with van der Waals surface area (Å²) in [7, 11) is 3.52. The van der Waals surface area contributed by atoms with Gasteiger partial charge in [0.15, 0.2) is 0 Å². The number of anilines is 1. The van der Waals surface area contributed by atoms with Crippen LogP contribution in [0.4, 0.5) is 5.95 Å². The minimum absolute atomic E-state index is 0.0465. The second-order valence-corrected chi connectivity index (χ2v) is 5.23. The number of carbonyl (C=O) groups is 1. The molecule has 1 aliphatic rings. The Hall–Kier alpha value is -1.89. The molecule has 1 aromatic heterocycles. The maximum absolute atomic E-state index is 12.3. The summed E-state index contributed by atoms with van der Waals surface area (Å²) in [4.78, 5) is 24.8. The van der Waals surface area contributed by atoms with Crippen molar-refractivity contribution in [3.8, 4) is 5.88 Å². The number of hydrogen-bond acceptors (Lipinski definition) is 6. The molecule has 0 saturated carbocycles. The van der Waals surface area contributed by atoms with Crippen LogP contribution in [0.1, 0.15) is 12.6 Å². The minimum atomic E-state index is -0.287. The van der Waals surface area contributed by atoms with Gasteiger partial charge >= 0.3 is 0 Å². The number of aryl methyl sites for hydroxylation is 1. The van der Waals surface area contributed by atoms with Crippen molar-refractivity contribution in [2.45, 2.75) is 19.9 Å². The number of piperazine rings is 1. The number of aromatic nitrogens is 2. The van der Waals surface area contributed by atoms with Crippen LogP contribution in [0.25, 0.3) is 0 Å². The third-order valence-corrected chi connectivity index (χ3v) is 3.34. The normalized spacial score (nSPS) is 18.5. The SMILES string of the molecule is CCOc1cc(C)nc(N2CCNCC2C(=O)N(C)C)n1. The number of carbonyl (C=O) groups excluding carboxylic acids is 1. The van der Waals surface area contributed by atoms with Gasteiger partial charge in [0.1, 0.15) is 6.04 Å². The van der Waals surface area contributed by atoms with Crippen LogP contribution in [0.3, 0.4) is 0 Å². The van der Waals surface area contributed by atoms with Crippen LogP contribution in [0.5, 0.6) is 5.88 Å². The van der Waals surface area contributed by atoms with Crippen molar-refractivity contribution in [3.05, 3.63) is 11.8 Å². The molecule has 21 heavy (non-hydrogen) atoms. The van der Waals surface area contributed by atoms with Crippen LogP contribution in [0.15, 0.2) is 6.07 Å². The molecule has 2 heterocycles. The molecule has 0 aliphatic carbocycles. The van der Waals surface area contributed by atoms with Crippen molar-refractivity contribution in [2.24, 2.45) is 0 Å². The van der Waals surface area contributed by atoms with Crippen LogP contribution in [-0.2, 0) is 4.79 Å². The third kappa shape index (κ3) is 3.60. The molecular formula is C14H23N5O2. The molecule has 1 fully saturated rings. The first-order valence-electron chi connectivity index (χ1n) is 7.20. The lowest BCUT2D eigenvalue weighted by Gasteiger charge is -2.36. The second kappa shape index (κ2) is 6.71. The number of nitrogens with zero attached hydrogens (tertiary/aromatic N) is 4. The molecule has 116 valence electrons. The monoisotopic (exact) mass is 293 g/mol. The summed E-state index contributed by atoms with van der Waals surface area (Å²) in [6.45, 7) is 6.46. The summed E-state index contributed by atoms with van der Waals surface area (Å²) >= 11 is 0. The Morgan fingerprint density at radius 2 is 2.29 bits per heavy atom. The van der Waals surface area contributed by atoms with E-state index in [-0.39, 0.29) is 11.9 Å². The van der Waals surface area contributed by atoms with Gasteiger partial charge in [-0.25, -0.2) is 4.98 Å². The number of rotatable bonds is 4. The molecule has 1 atom stereocenters. The summed E-state index contributed by atoms with van der Waals surface area (Å²) in [6, 6.07) is 1.52. The highest BCUT2D eigenvalue weighted by molar-refractivity contribution is 5.85. The van der Waals surface area contributed by atoms with E-state index in [4.69, 9.17) is 4.74 Å². The average Bonchev–Trinajstić information content (AvgIpc) is 2.46. The van der Waals surface area contributed by atoms with Crippen molar-refractivity contribution < 1.29 is 9.53 Å². The van der Waals surface area contributed by atoms with E-state index in [1.165, 1.54) is 0 Å². The van der Waals surface area contributed by atoms with Gasteiger partial charge in [0, 0.05) is 45.5 Å². The number of nitrogens with one attached hydrogen (secondary N) is 1. The summed E-state index contributed by atoms with van der Waals surface area (Å²) in [5, 5.41) is 3.25. The molecule has 0 aromatic carbocycles. The fourth-order valence-corrected chi connectivity index (χ4v) is 2.34. The van der Waals surface area contributed by atoms with Gasteiger partial charge in [0.25, 0.3) is 0 Å². The largest absolute Gasteiger partial charge is 0.478 e. The molecular weight excluding hydrogens is 270 g/mol. The van der Waals surface area contributed by atoms with E-state index in [0.29, 0.717) is 31.5 Å². The molecule has 0 radical (unpaired) electrons. The van der Waals surface area contributed by atoms with Crippen molar-refractivity contribution in [1.82, 2.24) is 20.2 Å². The van der Waals surface area contributed by atoms with Crippen LogP contribution >= 0.6 is 0 Å². The van der Waals surface area contributed by atoms with Gasteiger partial charge in [-0.05, 0) is 13.8 Å². The fourth-order valence-electron chi connectivity index (χ4n) is 2.34. The summed E-state index contributed by atoms with van der Waals surface area (Å²) in [5.41, 5.74) is 0.832. The highest BCUT2D eigenvalue weighted by atomic mass is 16.5. The predicted molar refractivity (Wildman–Crippen MR) is 80.6 cm³/mol. The van der Waals surface area contributed by atoms with E-state index in [1.807, 2.05) is 18.7 Å². The maximum atomic E-state index is 12.3. The first-order chi connectivity index (χ1) is 10.0. The Morgan fingerprint density at radius 1 is 1.52 bits per heavy atom. The lowest BCUT2D eigenvalue weighted by Crippen LogP contribution is -2.58. The van der Waals surface area contributed by atoms with Gasteiger partial charge in [-0.15, -0.1) is 0 Å². The first-order valence-corrected chi connectivity index (χ1v) is 7.20. The van der Waals surface area contributed by atoms with E-state index >= 15 is 0 Å². The quantitative estimate of drug-likeness (QED) is 0.846. The first kappa shape index (κ1) is 15.5. The van der Waals surface area contributed by atoms with Gasteiger partial charge in [-0.3, -0.25) is 4.79 Å². The van der Waals surface area contributed by atoms with E-state index in [0.717, 1.165) is 12.2 Å². The van der Waals surface area contributed by atoms with E-state index in [2.05, 4.69) is 15.3 Å². The lowest BCUT2D eigenvalue weighted by atomic mass is 10.2. The second-order valence-electron chi connectivity index (χ2n) is 5.23. The number of amides is 1. The molecule has 1 saturated heterocycles. The van der Waals surface area contributed by atoms with Crippen LogP contribution < -0.4 is 15.0 Å². The van der Waals surface area contributed by atoms with Gasteiger partial charge in [-0.2, -0.15) is 4.98 Å². The molecule has 1 amide bonds. The molecule has 1 unspecified atom stereocenters. The molecule has 1 aromatic rings. The van der Waals surface area contributed by atoms with E-state index in [9.17, 15) is 4.79 Å². The van der Waals surface area contributed by atoms with Gasteiger partial charge in [0.05, 0.1) is 6.61 Å². The highest BCUT2D eigenvalue weighted by Gasteiger charge is 2.31. The summed E-state index contributed by atoms with van der Waals surface area (Å²) in [6.07, 6.45) is 0. The summed E-state index contributed by atoms with van der Waals surface area (Å²) in [5.74, 6) is 1.15. The molecule has 1 aliphatic heterocycles. The molecule has 7 heteroatoms. The lowest BCUT2D eigenvalue weighted by molar-refractivity contribution is -0.130. The third-order valence-electron chi connectivity index (χ3n) is 3.34. The Morgan fingerprint density at radius 3 is 2.95 bits per heavy atom. The van der Waals surface area contributed by atoms with Crippen molar-refractivity contribution in [2.75, 3.05) is 45.2 Å². The van der Waals surface area contributed by atoms with Crippen molar-refractivity contribution in [1.29, 1.82) is 0 Å². The van der Waals surface area contributed by atoms with Gasteiger partial charge in [-0.1, -0.05) is 0 Å². The molecule has 0 bridgehead atoms. The zero-order chi connectivity index (χ0) is 15.4. The Kier molecular flexibility index (Phi) is 4.95. The Balaban J connectivity index is 2.30. The van der Waals surface area contributed by atoms with Crippen molar-refractivity contribution >= 4 is 11.9 Å². The molecule has 2 rings (SSSR count). The predicted octanol–water partition coefficient (Wildman–Crippen LogP) is 0.0501. The summed E-state index contributed by atoms with van der Waals surface area (Å²) < 4.78 is 5.47. The number of hydrogen-bond donors (Lipinski definition) is 1. The number of ether oxygens (including phenoxy) is 1. The zero-order valence-corrected chi connectivity index (χ0v) is 13.1. The fraction of sp³-hybridized carbons (Fsp3) is 0.643. The Bertz CT molecular complexity index is 506. The topological polar surface area (TPSA) is 70.6 Å². The highest BCUT2D eigenvalue weighted by Crippen LogP contribution is 2.19. The number of likely N-dealkylation sites (N-methyl/N-ethyl adjacent to an activating group) is 1. The van der Waals surface area contributed by atoms with Crippen LogP contribution in [-0.4, -0.2) is 67.2 Å². The zero-order valence-electron chi connectivity index (χ0n) is 13.1. The maximum Gasteiger partial charge on any atom is 0.246 e. The van der Waals surface area contributed by atoms with Gasteiger partial charge < -0.3 is 19.9 Å². The molecule has 1 N–H and O–H groups in total. The standard InChI is InChI=1S/C14H23N5O2/c1-5-21-12-8-10(2)16-14(17-12)19-7-6-15-9-11(19)13(20)18(3)4/h8,11,15H,5-7,9H2,1-4H3. The minimum Gasteiger partial charge on any atom is -0.478 e. The smallest absolute Gasteiger partial charge is 0.246 e. The van der Waals surface area contributed by atoms with Crippen molar-refractivity contribution in [3.63, 3.8) is 0 Å². The van der Waals surface area contributed by atoms with E-state index < -0.39 is 0 Å². The average molecular weight is 293 g/mol. The van der Waals surface area contributed by atoms with E-state index in [1.54, 1.807) is 25.1 Å².